The highest BCUT2D eigenvalue weighted by atomic mass is 35.5. The van der Waals surface area contributed by atoms with Gasteiger partial charge in [0.2, 0.25) is 10.0 Å². The van der Waals surface area contributed by atoms with Crippen molar-refractivity contribution in [1.82, 2.24) is 9.97 Å². The molecule has 1 saturated heterocycles. The number of unbranched alkanes of at least 4 members (excludes halogenated alkanes) is 1. The number of thioether (sulfide) groups is 3. The summed E-state index contributed by atoms with van der Waals surface area (Å²) in [4.78, 5) is 147. The number of aromatic nitrogens is 2. The summed E-state index contributed by atoms with van der Waals surface area (Å²) in [6.07, 6.45) is 1.74. The van der Waals surface area contributed by atoms with Gasteiger partial charge < -0.3 is 78.9 Å². The second kappa shape index (κ2) is 47.8. The van der Waals surface area contributed by atoms with E-state index >= 15 is 0 Å². The van der Waals surface area contributed by atoms with Crippen LogP contribution in [0, 0.1) is 18.3 Å². The number of pyridine rings is 1. The Kier molecular flexibility index (Phi) is 37.9. The standard InChI is InChI=1S/C19H17NO4S2.C18H16O5S.C17H21N3O3S2.C16H11ClO4.C13H17NO5S.C10H7NO4S/c1-13(21)12-25-18-11-17(15-9-5-6-10-16(15)19(18)22)20-26(23,24)14-7-3-2-4-8-14;1-11(19)14-5-3-4-6-16(14)24-17-9-13(10-18(21)22)7-8-15(17)23-12(2)20;1-17(2)7-11-12(8-18)16(24-10-14(21)22)19-15(13(11)9-25-17)20-3-5-23-6-4-20;1-9(18)14-8-11(4-7-13(14)16(20)21)15(19)10-2-5-12(17)6-3-10;1-3-4-5-20(18,19)14-12-7-10(9(2)15)6-11(8-12)13(16)17;1-4-11-7-3-5(9(12)13)2-6(10(14)15)8(7)16-4/h2-11,20,22H,12H2,1H3;3-9H,10H2,1-2H3,(H,21,22);3-7,9-10H2,1-2H3,(H,21,22);2-8H,1H3,(H,20,21);6-8,14H,3-5H2,1-2H3,(H,16,17);2-3H,1H3,(H,12,13)(H,14,15)/p-6. The van der Waals surface area contributed by atoms with Crippen molar-refractivity contribution in [3.63, 3.8) is 0 Å². The number of benzene rings is 9. The summed E-state index contributed by atoms with van der Waals surface area (Å²) in [5, 5.41) is 88.0. The molecule has 0 radical (unpaired) electrons. The van der Waals surface area contributed by atoms with Gasteiger partial charge in [0.25, 0.3) is 10.0 Å². The number of carboxylic acid groups (broad SMARTS) is 6. The van der Waals surface area contributed by atoms with E-state index in [-0.39, 0.29) is 107 Å². The second-order valence-corrected chi connectivity index (χ2v) is 39.4. The Morgan fingerprint density at radius 1 is 0.606 bits per heavy atom. The van der Waals surface area contributed by atoms with Crippen molar-refractivity contribution >= 4 is 199 Å². The maximum atomic E-state index is 12.7. The van der Waals surface area contributed by atoms with Crippen molar-refractivity contribution in [2.45, 2.75) is 123 Å². The maximum Gasteiger partial charge on any atom is 0.308 e. The van der Waals surface area contributed by atoms with Crippen LogP contribution in [0.5, 0.6) is 11.5 Å². The lowest BCUT2D eigenvalue weighted by molar-refractivity contribution is -0.305. The first-order valence-corrected chi connectivity index (χ1v) is 47.8. The summed E-state index contributed by atoms with van der Waals surface area (Å²) < 4.78 is 64.8. The minimum atomic E-state index is -3.77. The Balaban J connectivity index is 0.000000196. The van der Waals surface area contributed by atoms with Gasteiger partial charge in [0.15, 0.2) is 23.1 Å². The molecular formula is C93H83ClN6O25S7-6. The SMILES string of the molecule is CC(=O)CSc1cc(NS(=O)(=O)c2ccccc2)c2ccccc2c1O.CC(=O)Oc1ccc(CC(=O)[O-])cc1Sc1ccccc1C(C)=O.CC(=O)c1cc(C(=O)c2ccc(Cl)cc2)ccc1C(=O)[O-].CC1(C)Cc2c(C#N)c(SCC(=O)[O-])nc(N3CCOCC3)c2CS1.CCCCS(=O)(=O)Nc1cc(C(C)=O)cc(C(=O)[O-])c1.Cc1nc2cc(C(=O)[O-])cc(C(=O)[O-])c2s1. The molecule has 13 rings (SSSR count). The summed E-state index contributed by atoms with van der Waals surface area (Å²) in [5.74, 6) is -7.90. The molecule has 0 amide bonds. The summed E-state index contributed by atoms with van der Waals surface area (Å²) in [6.45, 7) is 17.4. The van der Waals surface area contributed by atoms with Gasteiger partial charge in [-0.2, -0.15) is 17.0 Å². The maximum absolute atomic E-state index is 12.7. The van der Waals surface area contributed by atoms with Crippen molar-refractivity contribution in [2.75, 3.05) is 57.9 Å². The number of sulfonamides is 2. The average Bonchev–Trinajstić information content (AvgIpc) is 0.858. The number of ketones is 5. The van der Waals surface area contributed by atoms with Gasteiger partial charge in [-0.3, -0.25) is 38.2 Å². The first-order valence-electron chi connectivity index (χ1n) is 39.7. The van der Waals surface area contributed by atoms with E-state index in [1.165, 1.54) is 112 Å². The van der Waals surface area contributed by atoms with E-state index in [1.807, 2.05) is 18.7 Å². The highest BCUT2D eigenvalue weighted by molar-refractivity contribution is 8.00. The van der Waals surface area contributed by atoms with Gasteiger partial charge in [-0.1, -0.05) is 141 Å². The number of morpholine rings is 1. The molecule has 0 saturated carbocycles. The number of esters is 1. The monoisotopic (exact) mass is 1940 g/mol. The predicted octanol–water partition coefficient (Wildman–Crippen LogP) is 9.75. The predicted molar refractivity (Wildman–Crippen MR) is 490 cm³/mol. The van der Waals surface area contributed by atoms with Crippen LogP contribution in [0.4, 0.5) is 17.2 Å². The molecule has 0 unspecified atom stereocenters. The number of aromatic hydroxyl groups is 1. The molecular weight excluding hydrogens is 1860 g/mol. The Labute approximate surface area is 784 Å². The highest BCUT2D eigenvalue weighted by Gasteiger charge is 2.34. The molecule has 690 valence electrons. The van der Waals surface area contributed by atoms with Crippen molar-refractivity contribution in [1.29, 1.82) is 5.26 Å². The number of aliphatic carboxylic acids is 2. The molecule has 132 heavy (non-hydrogen) atoms. The zero-order valence-corrected chi connectivity index (χ0v) is 78.5. The molecule has 0 atom stereocenters. The van der Waals surface area contributed by atoms with Crippen LogP contribution in [0.25, 0.3) is 21.0 Å². The number of hydrogen-bond acceptors (Lipinski definition) is 34. The molecule has 0 spiro atoms. The largest absolute Gasteiger partial charge is 0.550 e. The van der Waals surface area contributed by atoms with Crippen molar-refractivity contribution < 1.29 is 120 Å². The number of nitriles is 1. The highest BCUT2D eigenvalue weighted by Crippen LogP contribution is 2.46. The van der Waals surface area contributed by atoms with Crippen LogP contribution in [0.2, 0.25) is 5.02 Å². The van der Waals surface area contributed by atoms with Crippen LogP contribution in [0.15, 0.2) is 201 Å². The summed E-state index contributed by atoms with van der Waals surface area (Å²) in [6, 6.07) is 46.7. The molecule has 2 aromatic heterocycles. The first kappa shape index (κ1) is 105. The van der Waals surface area contributed by atoms with E-state index in [9.17, 15) is 115 Å². The number of phenols is 1. The summed E-state index contributed by atoms with van der Waals surface area (Å²) >= 11 is 12.3. The topological polar surface area (TPSA) is 527 Å². The Hall–Kier alpha value is -12.8. The lowest BCUT2D eigenvalue weighted by Gasteiger charge is -2.36. The second-order valence-electron chi connectivity index (χ2n) is 29.5. The van der Waals surface area contributed by atoms with Gasteiger partial charge in [0.1, 0.15) is 34.2 Å². The number of nitrogens with zero attached hydrogens (tertiary/aromatic N) is 4. The van der Waals surface area contributed by atoms with E-state index in [0.717, 1.165) is 78.6 Å². The molecule has 0 bridgehead atoms. The molecule has 9 aromatic carbocycles. The van der Waals surface area contributed by atoms with Crippen LogP contribution in [0.3, 0.4) is 0 Å². The third kappa shape index (κ3) is 30.1. The van der Waals surface area contributed by atoms with Crippen LogP contribution in [0.1, 0.15) is 184 Å². The molecule has 11 aromatic rings. The van der Waals surface area contributed by atoms with Gasteiger partial charge in [0.05, 0.1) is 95.7 Å². The minimum absolute atomic E-state index is 0.0334. The normalized spacial score (nSPS) is 12.3. The molecule has 0 aliphatic carbocycles. The number of Topliss-reactive ketones (excluding diaryl/α,β-unsaturated/α-hetero) is 4. The molecule has 2 aliphatic rings. The number of aryl methyl sites for hydroxylation is 1. The van der Waals surface area contributed by atoms with Crippen molar-refractivity contribution in [3.8, 4) is 17.6 Å². The zero-order valence-electron chi connectivity index (χ0n) is 72.0. The number of carbonyl (C=O) groups is 12. The molecule has 3 N–H and O–H groups in total. The Bertz CT molecular complexity index is 6530. The van der Waals surface area contributed by atoms with Gasteiger partial charge in [-0.05, 0) is 161 Å². The fourth-order valence-electron chi connectivity index (χ4n) is 12.6. The van der Waals surface area contributed by atoms with Crippen LogP contribution < -0.4 is 49.7 Å². The number of rotatable bonds is 29. The van der Waals surface area contributed by atoms with E-state index in [1.54, 1.807) is 122 Å². The number of fused-ring (bicyclic) bond motifs is 3. The number of nitrogens with one attached hydrogen (secondary N) is 2. The van der Waals surface area contributed by atoms with Gasteiger partial charge in [-0.25, -0.2) is 26.8 Å². The van der Waals surface area contributed by atoms with Crippen molar-refractivity contribution in [2.24, 2.45) is 0 Å². The van der Waals surface area contributed by atoms with Crippen LogP contribution >= 0.6 is 70.0 Å². The molecule has 1 fully saturated rings. The number of ether oxygens (including phenoxy) is 2. The number of halogens is 1. The quantitative estimate of drug-likeness (QED) is 0.0129. The molecule has 39 heteroatoms. The number of carboxylic acids is 6. The number of phenolic OH excluding ortho intramolecular Hbond substituents is 1. The van der Waals surface area contributed by atoms with Crippen LogP contribution in [-0.4, -0.2) is 151 Å². The van der Waals surface area contributed by atoms with E-state index in [2.05, 4.69) is 39.2 Å². The molecule has 2 aliphatic heterocycles. The summed E-state index contributed by atoms with van der Waals surface area (Å²) in [5.41, 5.74) is 4.30. The smallest absolute Gasteiger partial charge is 0.308 e. The van der Waals surface area contributed by atoms with Gasteiger partial charge in [-0.15, -0.1) is 23.1 Å². The minimum Gasteiger partial charge on any atom is -0.550 e. The number of carbonyl (C=O) groups excluding carboxylic acids is 12. The van der Waals surface area contributed by atoms with Gasteiger partial charge >= 0.3 is 5.97 Å². The lowest BCUT2D eigenvalue weighted by atomic mass is 9.94. The number of aromatic carboxylic acids is 4. The van der Waals surface area contributed by atoms with E-state index < -0.39 is 67.6 Å². The lowest BCUT2D eigenvalue weighted by Crippen LogP contribution is -2.38. The number of thiazole rings is 1. The first-order chi connectivity index (χ1) is 62.3. The zero-order chi connectivity index (χ0) is 97.2. The Morgan fingerprint density at radius 2 is 1.21 bits per heavy atom. The number of hydrogen-bond donors (Lipinski definition) is 3. The van der Waals surface area contributed by atoms with Gasteiger partial charge in [0, 0.05) is 125 Å². The van der Waals surface area contributed by atoms with E-state index in [4.69, 9.17) is 26.1 Å². The fraction of sp³-hybridized carbons (Fsp3) is 0.237. The summed E-state index contributed by atoms with van der Waals surface area (Å²) in [7, 11) is -7.33. The Morgan fingerprint density at radius 3 is 1.80 bits per heavy atom. The third-order valence-corrected chi connectivity index (χ3v) is 27.4. The third-order valence-electron chi connectivity index (χ3n) is 18.8. The van der Waals surface area contributed by atoms with Crippen molar-refractivity contribution in [3.05, 3.63) is 258 Å². The van der Waals surface area contributed by atoms with Crippen LogP contribution in [-0.2, 0) is 62.6 Å². The van der Waals surface area contributed by atoms with E-state index in [0.29, 0.717) is 104 Å². The molecule has 4 heterocycles. The number of anilines is 3. The fourth-order valence-corrected chi connectivity index (χ4v) is 19.7. The average molecular weight is 1940 g/mol. The molecule has 31 nitrogen and oxygen atoms in total.